The molecule has 2 saturated carbocycles. The first-order valence-electron chi connectivity index (χ1n) is 19.6. The van der Waals surface area contributed by atoms with E-state index < -0.39 is 0 Å². The molecule has 8 atom stereocenters. The first kappa shape index (κ1) is 36.3. The van der Waals surface area contributed by atoms with Crippen LogP contribution < -0.4 is 21.3 Å². The SMILES string of the molecule is C1CC[C@@H]2NCCC[C@@H]2C1.C1CC[C@H]2NCCC[C@@H]2C1.CCC[C@@H]1CC[C@@H](CCC)N1.CCC[C@@H]1CC[C@H](CCC)N1. The van der Waals surface area contributed by atoms with Crippen molar-refractivity contribution in [1.29, 1.82) is 0 Å². The van der Waals surface area contributed by atoms with E-state index in [1.54, 1.807) is 0 Å². The Morgan fingerprint density at radius 1 is 0.381 bits per heavy atom. The molecule has 0 aromatic heterocycles. The summed E-state index contributed by atoms with van der Waals surface area (Å²) in [6.45, 7) is 11.6. The van der Waals surface area contributed by atoms with Crippen molar-refractivity contribution >= 4 is 0 Å². The van der Waals surface area contributed by atoms with Crippen LogP contribution in [0.5, 0.6) is 0 Å². The molecule has 0 aromatic carbocycles. The largest absolute Gasteiger partial charge is 0.314 e. The standard InChI is InChI=1S/2C10H21N.2C9H17N/c2*1-3-5-9-7-8-10(11-9)6-4-2;2*1-2-6-9-8(4-1)5-3-7-10-9/h2*9-11H,3-8H2,1-2H3;2*8-10H,1-7H2/t9-,10+;9-,10-;8-,9+;8-,9-/m.100/s1. The van der Waals surface area contributed by atoms with Gasteiger partial charge in [-0.15, -0.1) is 0 Å². The van der Waals surface area contributed by atoms with Crippen LogP contribution in [-0.2, 0) is 0 Å². The molecule has 0 amide bonds. The molecule has 0 unspecified atom stereocenters. The van der Waals surface area contributed by atoms with Gasteiger partial charge in [0.2, 0.25) is 0 Å². The van der Waals surface area contributed by atoms with E-state index in [2.05, 4.69) is 49.0 Å². The molecule has 4 N–H and O–H groups in total. The third kappa shape index (κ3) is 13.9. The highest BCUT2D eigenvalue weighted by Crippen LogP contribution is 2.31. The van der Waals surface area contributed by atoms with Crippen LogP contribution in [0.25, 0.3) is 0 Å². The minimum Gasteiger partial charge on any atom is -0.314 e. The predicted octanol–water partition coefficient (Wildman–Crippen LogP) is 9.27. The molecular weight excluding hydrogens is 512 g/mol. The molecule has 0 radical (unpaired) electrons. The zero-order valence-electron chi connectivity index (χ0n) is 29.0. The summed E-state index contributed by atoms with van der Waals surface area (Å²) in [4.78, 5) is 0. The Labute approximate surface area is 263 Å². The lowest BCUT2D eigenvalue weighted by Gasteiger charge is -2.36. The average molecular weight is 589 g/mol. The lowest BCUT2D eigenvalue weighted by atomic mass is 9.80. The average Bonchev–Trinajstić information content (AvgIpc) is 3.68. The smallest absolute Gasteiger partial charge is 0.00953 e. The molecule has 248 valence electrons. The fraction of sp³-hybridized carbons (Fsp3) is 1.00. The van der Waals surface area contributed by atoms with E-state index >= 15 is 0 Å². The van der Waals surface area contributed by atoms with E-state index in [1.807, 2.05) is 0 Å². The number of piperidine rings is 2. The summed E-state index contributed by atoms with van der Waals surface area (Å²) in [5.74, 6) is 2.09. The van der Waals surface area contributed by atoms with E-state index in [0.29, 0.717) is 0 Å². The predicted molar refractivity (Wildman–Crippen MR) is 185 cm³/mol. The fourth-order valence-electron chi connectivity index (χ4n) is 9.06. The molecule has 0 bridgehead atoms. The second kappa shape index (κ2) is 22.4. The summed E-state index contributed by atoms with van der Waals surface area (Å²) in [7, 11) is 0. The van der Waals surface area contributed by atoms with Gasteiger partial charge in [-0.1, -0.05) is 79.1 Å². The molecule has 4 heteroatoms. The maximum atomic E-state index is 3.69. The summed E-state index contributed by atoms with van der Waals surface area (Å²) in [5, 5.41) is 14.6. The molecule has 4 aliphatic heterocycles. The van der Waals surface area contributed by atoms with Crippen molar-refractivity contribution in [3.8, 4) is 0 Å². The highest BCUT2D eigenvalue weighted by molar-refractivity contribution is 4.86. The van der Waals surface area contributed by atoms with Crippen LogP contribution in [0, 0.1) is 11.8 Å². The Morgan fingerprint density at radius 3 is 1.00 bits per heavy atom. The summed E-state index contributed by atoms with van der Waals surface area (Å²) in [6.07, 6.45) is 34.1. The van der Waals surface area contributed by atoms with Crippen molar-refractivity contribution in [2.45, 2.75) is 218 Å². The first-order valence-corrected chi connectivity index (χ1v) is 19.6. The highest BCUT2D eigenvalue weighted by Gasteiger charge is 2.27. The number of hydrogen-bond acceptors (Lipinski definition) is 4. The molecule has 4 heterocycles. The number of hydrogen-bond donors (Lipinski definition) is 4. The first-order chi connectivity index (χ1) is 20.7. The Hall–Kier alpha value is -0.160. The second-order valence-electron chi connectivity index (χ2n) is 14.9. The van der Waals surface area contributed by atoms with Crippen LogP contribution in [0.15, 0.2) is 0 Å². The van der Waals surface area contributed by atoms with Crippen molar-refractivity contribution in [2.24, 2.45) is 11.8 Å². The number of nitrogens with one attached hydrogen (secondary N) is 4. The Kier molecular flexibility index (Phi) is 19.3. The van der Waals surface area contributed by atoms with Gasteiger partial charge in [0.1, 0.15) is 0 Å². The zero-order chi connectivity index (χ0) is 29.8. The van der Waals surface area contributed by atoms with Gasteiger partial charge in [-0.25, -0.2) is 0 Å². The molecule has 2 aliphatic carbocycles. The number of fused-ring (bicyclic) bond motifs is 2. The van der Waals surface area contributed by atoms with E-state index in [4.69, 9.17) is 0 Å². The maximum Gasteiger partial charge on any atom is 0.00953 e. The van der Waals surface area contributed by atoms with Gasteiger partial charge in [-0.2, -0.15) is 0 Å². The Morgan fingerprint density at radius 2 is 0.690 bits per heavy atom. The van der Waals surface area contributed by atoms with E-state index in [9.17, 15) is 0 Å². The minimum absolute atomic E-state index is 0.844. The van der Waals surface area contributed by atoms with Crippen LogP contribution in [-0.4, -0.2) is 49.3 Å². The third-order valence-electron chi connectivity index (χ3n) is 11.4. The van der Waals surface area contributed by atoms with Crippen molar-refractivity contribution < 1.29 is 0 Å². The van der Waals surface area contributed by atoms with Gasteiger partial charge in [0.15, 0.2) is 0 Å². The zero-order valence-corrected chi connectivity index (χ0v) is 29.0. The molecular formula is C38H76N4. The quantitative estimate of drug-likeness (QED) is 0.228. The molecule has 0 aromatic rings. The van der Waals surface area contributed by atoms with Crippen LogP contribution in [0.4, 0.5) is 0 Å². The summed E-state index contributed by atoms with van der Waals surface area (Å²) in [5.41, 5.74) is 0. The van der Waals surface area contributed by atoms with Gasteiger partial charge in [0.25, 0.3) is 0 Å². The normalized spacial score (nSPS) is 35.7. The van der Waals surface area contributed by atoms with Crippen LogP contribution >= 0.6 is 0 Å². The van der Waals surface area contributed by atoms with Gasteiger partial charge >= 0.3 is 0 Å². The van der Waals surface area contributed by atoms with Crippen molar-refractivity contribution in [1.82, 2.24) is 21.3 Å². The topological polar surface area (TPSA) is 48.1 Å². The molecule has 6 fully saturated rings. The van der Waals surface area contributed by atoms with Gasteiger partial charge < -0.3 is 21.3 Å². The number of rotatable bonds is 8. The minimum atomic E-state index is 0.844. The Bertz CT molecular complexity index is 511. The van der Waals surface area contributed by atoms with Gasteiger partial charge in [0.05, 0.1) is 0 Å². The van der Waals surface area contributed by atoms with Gasteiger partial charge in [0, 0.05) is 36.3 Å². The lowest BCUT2D eigenvalue weighted by molar-refractivity contribution is 0.212. The molecule has 0 spiro atoms. The van der Waals surface area contributed by atoms with Gasteiger partial charge in [-0.05, 0) is 128 Å². The van der Waals surface area contributed by atoms with Crippen LogP contribution in [0.2, 0.25) is 0 Å². The molecule has 42 heavy (non-hydrogen) atoms. The molecule has 4 saturated heterocycles. The van der Waals surface area contributed by atoms with Crippen LogP contribution in [0.3, 0.4) is 0 Å². The van der Waals surface area contributed by atoms with E-state index in [0.717, 1.165) is 48.1 Å². The van der Waals surface area contributed by atoms with Crippen molar-refractivity contribution in [3.63, 3.8) is 0 Å². The van der Waals surface area contributed by atoms with Gasteiger partial charge in [-0.3, -0.25) is 0 Å². The second-order valence-corrected chi connectivity index (χ2v) is 14.9. The molecule has 6 rings (SSSR count). The summed E-state index contributed by atoms with van der Waals surface area (Å²) >= 11 is 0. The summed E-state index contributed by atoms with van der Waals surface area (Å²) in [6, 6.07) is 5.19. The van der Waals surface area contributed by atoms with E-state index in [-0.39, 0.29) is 0 Å². The van der Waals surface area contributed by atoms with Crippen LogP contribution in [0.1, 0.15) is 182 Å². The van der Waals surface area contributed by atoms with Crippen molar-refractivity contribution in [3.05, 3.63) is 0 Å². The fourth-order valence-corrected chi connectivity index (χ4v) is 9.06. The van der Waals surface area contributed by atoms with Crippen molar-refractivity contribution in [2.75, 3.05) is 13.1 Å². The molecule has 6 aliphatic rings. The lowest BCUT2D eigenvalue weighted by Crippen LogP contribution is -2.42. The summed E-state index contributed by atoms with van der Waals surface area (Å²) < 4.78 is 0. The van der Waals surface area contributed by atoms with E-state index in [1.165, 1.54) is 167 Å². The maximum absolute atomic E-state index is 3.69. The monoisotopic (exact) mass is 589 g/mol. The highest BCUT2D eigenvalue weighted by atomic mass is 15.0. The Balaban J connectivity index is 0.000000154. The molecule has 4 nitrogen and oxygen atoms in total. The third-order valence-corrected chi connectivity index (χ3v) is 11.4.